The maximum atomic E-state index is 12.9. The van der Waals surface area contributed by atoms with E-state index in [1.54, 1.807) is 24.3 Å². The van der Waals surface area contributed by atoms with Gasteiger partial charge in [-0.15, -0.1) is 0 Å². The standard InChI is InChI=1S/C21H17ClN4O5S/c1-31-19-9-6-12(10-15(19)22)23-20(27)14-4-2-3-5-16(14)26-32(29,30)13-7-8-17-18(11-13)25-21(28)24-17/h2-11,26H,1H3,(H,23,27)(H2,24,25,28). The quantitative estimate of drug-likeness (QED) is 0.340. The average molecular weight is 473 g/mol. The Morgan fingerprint density at radius 2 is 1.75 bits per heavy atom. The fourth-order valence-electron chi connectivity index (χ4n) is 3.10. The molecule has 0 atom stereocenters. The Kier molecular flexibility index (Phi) is 5.64. The number of hydrogen-bond acceptors (Lipinski definition) is 5. The van der Waals surface area contributed by atoms with Crippen LogP contribution in [0.15, 0.2) is 70.4 Å². The predicted octanol–water partition coefficient (Wildman–Crippen LogP) is 3.57. The van der Waals surface area contributed by atoms with Crippen LogP contribution in [0.25, 0.3) is 11.0 Å². The van der Waals surface area contributed by atoms with Crippen LogP contribution in [0.1, 0.15) is 10.4 Å². The molecule has 9 nitrogen and oxygen atoms in total. The van der Waals surface area contributed by atoms with Gasteiger partial charge in [0.05, 0.1) is 39.3 Å². The van der Waals surface area contributed by atoms with Gasteiger partial charge in [-0.25, -0.2) is 13.2 Å². The van der Waals surface area contributed by atoms with Gasteiger partial charge in [0.2, 0.25) is 0 Å². The van der Waals surface area contributed by atoms with Crippen molar-refractivity contribution in [1.82, 2.24) is 9.97 Å². The number of nitrogens with one attached hydrogen (secondary N) is 4. The second-order valence-corrected chi connectivity index (χ2v) is 8.83. The molecule has 0 aliphatic heterocycles. The molecule has 1 heterocycles. The summed E-state index contributed by atoms with van der Waals surface area (Å²) in [6.07, 6.45) is 0. The minimum absolute atomic E-state index is 0.0719. The molecular formula is C21H17ClN4O5S. The van der Waals surface area contributed by atoms with Crippen LogP contribution in [0.4, 0.5) is 11.4 Å². The number of carbonyl (C=O) groups is 1. The Morgan fingerprint density at radius 1 is 1.00 bits per heavy atom. The number of aromatic nitrogens is 2. The van der Waals surface area contributed by atoms with Crippen LogP contribution in [-0.4, -0.2) is 31.4 Å². The van der Waals surface area contributed by atoms with E-state index in [2.05, 4.69) is 20.0 Å². The summed E-state index contributed by atoms with van der Waals surface area (Å²) in [5.74, 6) is -0.0755. The van der Waals surface area contributed by atoms with Crippen LogP contribution < -0.4 is 20.5 Å². The fourth-order valence-corrected chi connectivity index (χ4v) is 4.46. The van der Waals surface area contributed by atoms with Gasteiger partial charge in [-0.3, -0.25) is 9.52 Å². The summed E-state index contributed by atoms with van der Waals surface area (Å²) in [4.78, 5) is 29.3. The summed E-state index contributed by atoms with van der Waals surface area (Å²) < 4.78 is 33.4. The lowest BCUT2D eigenvalue weighted by Gasteiger charge is -2.13. The number of carbonyl (C=O) groups excluding carboxylic acids is 1. The monoisotopic (exact) mass is 472 g/mol. The number of imidazole rings is 1. The second-order valence-electron chi connectivity index (χ2n) is 6.74. The summed E-state index contributed by atoms with van der Waals surface area (Å²) in [6.45, 7) is 0. The highest BCUT2D eigenvalue weighted by Gasteiger charge is 2.20. The van der Waals surface area contributed by atoms with Gasteiger partial charge < -0.3 is 20.0 Å². The third-order valence-electron chi connectivity index (χ3n) is 4.62. The van der Waals surface area contributed by atoms with Crippen molar-refractivity contribution < 1.29 is 17.9 Å². The van der Waals surface area contributed by atoms with Crippen molar-refractivity contribution in [2.45, 2.75) is 4.90 Å². The van der Waals surface area contributed by atoms with Gasteiger partial charge in [-0.05, 0) is 48.5 Å². The van der Waals surface area contributed by atoms with Gasteiger partial charge in [0.25, 0.3) is 15.9 Å². The van der Waals surface area contributed by atoms with E-state index < -0.39 is 21.6 Å². The van der Waals surface area contributed by atoms with Gasteiger partial charge in [-0.2, -0.15) is 0 Å². The summed E-state index contributed by atoms with van der Waals surface area (Å²) in [7, 11) is -2.56. The molecule has 4 rings (SSSR count). The zero-order valence-electron chi connectivity index (χ0n) is 16.6. The van der Waals surface area contributed by atoms with Crippen molar-refractivity contribution in [3.05, 3.63) is 81.7 Å². The number of rotatable bonds is 6. The molecule has 4 N–H and O–H groups in total. The van der Waals surface area contributed by atoms with Crippen LogP contribution in [0, 0.1) is 0 Å². The molecular weight excluding hydrogens is 456 g/mol. The first-order valence-electron chi connectivity index (χ1n) is 9.25. The highest BCUT2D eigenvalue weighted by molar-refractivity contribution is 7.92. The second kappa shape index (κ2) is 8.40. The molecule has 0 saturated carbocycles. The number of fused-ring (bicyclic) bond motifs is 1. The maximum Gasteiger partial charge on any atom is 0.323 e. The van der Waals surface area contributed by atoms with Gasteiger partial charge >= 0.3 is 5.69 Å². The molecule has 0 aliphatic carbocycles. The molecule has 0 spiro atoms. The lowest BCUT2D eigenvalue weighted by atomic mass is 10.1. The van der Waals surface area contributed by atoms with Crippen LogP contribution in [0.5, 0.6) is 5.75 Å². The van der Waals surface area contributed by atoms with Crippen molar-refractivity contribution in [3.63, 3.8) is 0 Å². The number of sulfonamides is 1. The van der Waals surface area contributed by atoms with Gasteiger partial charge in [0.15, 0.2) is 0 Å². The predicted molar refractivity (Wildman–Crippen MR) is 122 cm³/mol. The first kappa shape index (κ1) is 21.5. The van der Waals surface area contributed by atoms with Gasteiger partial charge in [-0.1, -0.05) is 23.7 Å². The summed E-state index contributed by atoms with van der Waals surface area (Å²) in [6, 6.07) is 15.1. The van der Waals surface area contributed by atoms with Crippen molar-refractivity contribution in [1.29, 1.82) is 0 Å². The van der Waals surface area contributed by atoms with Crippen molar-refractivity contribution >= 4 is 49.9 Å². The Morgan fingerprint density at radius 3 is 2.50 bits per heavy atom. The van der Waals surface area contributed by atoms with Crippen LogP contribution in [-0.2, 0) is 10.0 Å². The van der Waals surface area contributed by atoms with Crippen LogP contribution >= 0.6 is 11.6 Å². The minimum Gasteiger partial charge on any atom is -0.495 e. The number of H-pyrrole nitrogens is 2. The van der Waals surface area contributed by atoms with E-state index >= 15 is 0 Å². The molecule has 0 unspecified atom stereocenters. The average Bonchev–Trinajstić information content (AvgIpc) is 3.13. The number of hydrogen-bond donors (Lipinski definition) is 4. The van der Waals surface area contributed by atoms with E-state index in [4.69, 9.17) is 16.3 Å². The summed E-state index contributed by atoms with van der Waals surface area (Å²) in [5.41, 5.74) is 1.00. The number of halogens is 1. The largest absolute Gasteiger partial charge is 0.495 e. The normalized spacial score (nSPS) is 11.3. The molecule has 0 radical (unpaired) electrons. The molecule has 11 heteroatoms. The highest BCUT2D eigenvalue weighted by Crippen LogP contribution is 2.28. The molecule has 1 aromatic heterocycles. The van der Waals surface area contributed by atoms with E-state index in [0.717, 1.165) is 0 Å². The minimum atomic E-state index is -4.04. The fraction of sp³-hybridized carbons (Fsp3) is 0.0476. The zero-order valence-corrected chi connectivity index (χ0v) is 18.2. The molecule has 0 aliphatic rings. The third kappa shape index (κ3) is 4.32. The molecule has 3 aromatic carbocycles. The van der Waals surface area contributed by atoms with Crippen molar-refractivity contribution in [2.24, 2.45) is 0 Å². The van der Waals surface area contributed by atoms with E-state index in [1.807, 2.05) is 0 Å². The van der Waals surface area contributed by atoms with E-state index in [0.29, 0.717) is 27.5 Å². The number of aromatic amines is 2. The first-order valence-corrected chi connectivity index (χ1v) is 11.1. The lowest BCUT2D eigenvalue weighted by molar-refractivity contribution is 0.102. The number of benzene rings is 3. The van der Waals surface area contributed by atoms with E-state index in [9.17, 15) is 18.0 Å². The topological polar surface area (TPSA) is 133 Å². The third-order valence-corrected chi connectivity index (χ3v) is 6.28. The molecule has 32 heavy (non-hydrogen) atoms. The van der Waals surface area contributed by atoms with Crippen molar-refractivity contribution in [3.8, 4) is 5.75 Å². The van der Waals surface area contributed by atoms with Gasteiger partial charge in [0.1, 0.15) is 5.75 Å². The SMILES string of the molecule is COc1ccc(NC(=O)c2ccccc2NS(=O)(=O)c2ccc3[nH]c(=O)[nH]c3c2)cc1Cl. The molecule has 0 bridgehead atoms. The zero-order chi connectivity index (χ0) is 22.9. The Labute approximate surface area is 187 Å². The number of ether oxygens (including phenoxy) is 1. The number of methoxy groups -OCH3 is 1. The maximum absolute atomic E-state index is 12.9. The number of amides is 1. The lowest BCUT2D eigenvalue weighted by Crippen LogP contribution is -2.18. The highest BCUT2D eigenvalue weighted by atomic mass is 35.5. The Hall–Kier alpha value is -3.76. The van der Waals surface area contributed by atoms with Crippen molar-refractivity contribution in [2.75, 3.05) is 17.1 Å². The molecule has 0 fully saturated rings. The Balaban J connectivity index is 1.61. The smallest absolute Gasteiger partial charge is 0.323 e. The van der Waals surface area contributed by atoms with Crippen LogP contribution in [0.2, 0.25) is 5.02 Å². The Bertz CT molecular complexity index is 1490. The molecule has 1 amide bonds. The van der Waals surface area contributed by atoms with Gasteiger partial charge in [0, 0.05) is 5.69 Å². The molecule has 164 valence electrons. The molecule has 4 aromatic rings. The summed E-state index contributed by atoms with van der Waals surface area (Å²) >= 11 is 6.10. The summed E-state index contributed by atoms with van der Waals surface area (Å²) in [5, 5.41) is 3.00. The first-order chi connectivity index (χ1) is 15.3. The number of anilines is 2. The van der Waals surface area contributed by atoms with Crippen LogP contribution in [0.3, 0.4) is 0 Å². The molecule has 0 saturated heterocycles. The van der Waals surface area contributed by atoms with E-state index in [-0.39, 0.29) is 16.1 Å². The number of para-hydroxylation sites is 1. The van der Waals surface area contributed by atoms with E-state index in [1.165, 1.54) is 43.5 Å².